The van der Waals surface area contributed by atoms with Crippen LogP contribution in [0, 0.1) is 6.92 Å². The maximum atomic E-state index is 11.6. The third-order valence-electron chi connectivity index (χ3n) is 1.82. The fourth-order valence-electron chi connectivity index (χ4n) is 1.20. The van der Waals surface area contributed by atoms with E-state index in [0.717, 1.165) is 5.56 Å². The summed E-state index contributed by atoms with van der Waals surface area (Å²) in [5, 5.41) is 0. The van der Waals surface area contributed by atoms with Gasteiger partial charge in [0, 0.05) is 0 Å². The lowest BCUT2D eigenvalue weighted by atomic mass is 10.2. The number of aryl methyl sites for hydroxylation is 1. The quantitative estimate of drug-likeness (QED) is 0.746. The van der Waals surface area contributed by atoms with Gasteiger partial charge in [-0.15, -0.1) is 0 Å². The summed E-state index contributed by atoms with van der Waals surface area (Å²) in [6.45, 7) is 3.76. The molecular formula is C10H14O2S. The van der Waals surface area contributed by atoms with Crippen LogP contribution < -0.4 is 0 Å². The van der Waals surface area contributed by atoms with Crippen LogP contribution in [0.25, 0.3) is 0 Å². The normalized spacial score (nSPS) is 11.5. The van der Waals surface area contributed by atoms with Crippen molar-refractivity contribution in [1.29, 1.82) is 0 Å². The van der Waals surface area contributed by atoms with Gasteiger partial charge in [0.15, 0.2) is 9.84 Å². The molecule has 3 heteroatoms. The van der Waals surface area contributed by atoms with Gasteiger partial charge in [0.05, 0.1) is 10.6 Å². The van der Waals surface area contributed by atoms with Crippen LogP contribution in [0.15, 0.2) is 29.2 Å². The molecule has 13 heavy (non-hydrogen) atoms. The van der Waals surface area contributed by atoms with E-state index in [2.05, 4.69) is 0 Å². The molecule has 0 saturated heterocycles. The van der Waals surface area contributed by atoms with Crippen molar-refractivity contribution in [3.8, 4) is 0 Å². The highest BCUT2D eigenvalue weighted by Crippen LogP contribution is 2.13. The predicted molar refractivity (Wildman–Crippen MR) is 53.5 cm³/mol. The molecule has 2 nitrogen and oxygen atoms in total. The Bertz CT molecular complexity index is 380. The lowest BCUT2D eigenvalue weighted by Crippen LogP contribution is -2.05. The van der Waals surface area contributed by atoms with Crippen LogP contribution in [-0.2, 0) is 9.84 Å². The monoisotopic (exact) mass is 198 g/mol. The van der Waals surface area contributed by atoms with Gasteiger partial charge in [0.1, 0.15) is 0 Å². The first-order valence-electron chi connectivity index (χ1n) is 4.35. The van der Waals surface area contributed by atoms with E-state index in [9.17, 15) is 8.42 Å². The number of benzene rings is 1. The molecular weight excluding hydrogens is 184 g/mol. The van der Waals surface area contributed by atoms with Crippen molar-refractivity contribution in [3.63, 3.8) is 0 Å². The molecule has 0 atom stereocenters. The van der Waals surface area contributed by atoms with Crippen molar-refractivity contribution in [2.24, 2.45) is 0 Å². The second-order valence-electron chi connectivity index (χ2n) is 3.14. The molecule has 0 heterocycles. The summed E-state index contributed by atoms with van der Waals surface area (Å²) in [4.78, 5) is 0.439. The van der Waals surface area contributed by atoms with Crippen LogP contribution >= 0.6 is 0 Å². The molecule has 0 saturated carbocycles. The first-order valence-corrected chi connectivity index (χ1v) is 6.01. The van der Waals surface area contributed by atoms with Crippen LogP contribution in [0.2, 0.25) is 0 Å². The Hall–Kier alpha value is -0.830. The molecule has 1 rings (SSSR count). The highest BCUT2D eigenvalue weighted by Gasteiger charge is 2.11. The molecule has 0 amide bonds. The Morgan fingerprint density at radius 1 is 1.31 bits per heavy atom. The van der Waals surface area contributed by atoms with Gasteiger partial charge < -0.3 is 0 Å². The van der Waals surface area contributed by atoms with Crippen LogP contribution in [-0.4, -0.2) is 14.2 Å². The van der Waals surface area contributed by atoms with Crippen molar-refractivity contribution >= 4 is 9.84 Å². The Morgan fingerprint density at radius 2 is 2.00 bits per heavy atom. The van der Waals surface area contributed by atoms with Crippen LogP contribution in [0.5, 0.6) is 0 Å². The standard InChI is InChI=1S/C10H14O2S/c1-3-7-13(11,12)10-6-4-5-9(2)8-10/h4-6,8H,3,7H2,1-2H3. The van der Waals surface area contributed by atoms with E-state index in [1.807, 2.05) is 19.9 Å². The maximum Gasteiger partial charge on any atom is 0.178 e. The van der Waals surface area contributed by atoms with Gasteiger partial charge in [0.25, 0.3) is 0 Å². The van der Waals surface area contributed by atoms with Crippen LogP contribution in [0.4, 0.5) is 0 Å². The lowest BCUT2D eigenvalue weighted by molar-refractivity contribution is 0.594. The van der Waals surface area contributed by atoms with Crippen molar-refractivity contribution in [2.75, 3.05) is 5.75 Å². The van der Waals surface area contributed by atoms with Crippen molar-refractivity contribution in [1.82, 2.24) is 0 Å². The SMILES string of the molecule is CCCS(=O)(=O)c1cccc(C)c1. The molecule has 0 aliphatic heterocycles. The minimum absolute atomic E-state index is 0.233. The second-order valence-corrected chi connectivity index (χ2v) is 5.24. The Kier molecular flexibility index (Phi) is 3.09. The van der Waals surface area contributed by atoms with Gasteiger partial charge in [-0.25, -0.2) is 8.42 Å². The minimum Gasteiger partial charge on any atom is -0.224 e. The lowest BCUT2D eigenvalue weighted by Gasteiger charge is -2.02. The molecule has 0 N–H and O–H groups in total. The zero-order chi connectivity index (χ0) is 9.90. The third kappa shape index (κ3) is 2.56. The molecule has 0 bridgehead atoms. The first-order chi connectivity index (χ1) is 6.06. The fourth-order valence-corrected chi connectivity index (χ4v) is 2.62. The Balaban J connectivity index is 3.08. The molecule has 1 aromatic rings. The summed E-state index contributed by atoms with van der Waals surface area (Å²) in [5.74, 6) is 0.233. The average Bonchev–Trinajstić information content (AvgIpc) is 2.04. The van der Waals surface area contributed by atoms with Gasteiger partial charge in [-0.2, -0.15) is 0 Å². The topological polar surface area (TPSA) is 34.1 Å². The van der Waals surface area contributed by atoms with Gasteiger partial charge >= 0.3 is 0 Å². The first kappa shape index (κ1) is 10.3. The zero-order valence-corrected chi connectivity index (χ0v) is 8.76. The predicted octanol–water partition coefficient (Wildman–Crippen LogP) is 2.18. The van der Waals surface area contributed by atoms with E-state index >= 15 is 0 Å². The fraction of sp³-hybridized carbons (Fsp3) is 0.400. The summed E-state index contributed by atoms with van der Waals surface area (Å²) >= 11 is 0. The molecule has 0 radical (unpaired) electrons. The summed E-state index contributed by atoms with van der Waals surface area (Å²) in [7, 11) is -3.03. The number of hydrogen-bond donors (Lipinski definition) is 0. The van der Waals surface area contributed by atoms with Gasteiger partial charge in [-0.3, -0.25) is 0 Å². The van der Waals surface area contributed by atoms with E-state index < -0.39 is 9.84 Å². The molecule has 1 aromatic carbocycles. The Morgan fingerprint density at radius 3 is 2.54 bits per heavy atom. The summed E-state index contributed by atoms with van der Waals surface area (Å²) in [5.41, 5.74) is 0.983. The van der Waals surface area contributed by atoms with Gasteiger partial charge in [0.2, 0.25) is 0 Å². The van der Waals surface area contributed by atoms with E-state index in [4.69, 9.17) is 0 Å². The number of sulfone groups is 1. The van der Waals surface area contributed by atoms with Crippen molar-refractivity contribution < 1.29 is 8.42 Å². The zero-order valence-electron chi connectivity index (χ0n) is 7.95. The molecule has 72 valence electrons. The number of rotatable bonds is 3. The third-order valence-corrected chi connectivity index (χ3v) is 3.74. The van der Waals surface area contributed by atoms with E-state index in [1.54, 1.807) is 18.2 Å². The average molecular weight is 198 g/mol. The van der Waals surface area contributed by atoms with Crippen LogP contribution in [0.3, 0.4) is 0 Å². The van der Waals surface area contributed by atoms with E-state index in [0.29, 0.717) is 11.3 Å². The molecule has 0 aliphatic rings. The number of hydrogen-bond acceptors (Lipinski definition) is 2. The van der Waals surface area contributed by atoms with Crippen molar-refractivity contribution in [3.05, 3.63) is 29.8 Å². The summed E-state index contributed by atoms with van der Waals surface area (Å²) in [6.07, 6.45) is 0.663. The van der Waals surface area contributed by atoms with E-state index in [-0.39, 0.29) is 5.75 Å². The molecule has 0 aromatic heterocycles. The molecule has 0 unspecified atom stereocenters. The maximum absolute atomic E-state index is 11.6. The van der Waals surface area contributed by atoms with Gasteiger partial charge in [-0.1, -0.05) is 19.1 Å². The molecule has 0 spiro atoms. The minimum atomic E-state index is -3.03. The molecule has 0 aliphatic carbocycles. The smallest absolute Gasteiger partial charge is 0.178 e. The second kappa shape index (κ2) is 3.92. The van der Waals surface area contributed by atoms with Gasteiger partial charge in [-0.05, 0) is 31.0 Å². The van der Waals surface area contributed by atoms with E-state index in [1.165, 1.54) is 0 Å². The van der Waals surface area contributed by atoms with Crippen LogP contribution in [0.1, 0.15) is 18.9 Å². The largest absolute Gasteiger partial charge is 0.224 e. The Labute approximate surface area is 79.5 Å². The summed E-state index contributed by atoms with van der Waals surface area (Å²) in [6, 6.07) is 7.03. The molecule has 0 fully saturated rings. The highest BCUT2D eigenvalue weighted by atomic mass is 32.2. The van der Waals surface area contributed by atoms with Crippen molar-refractivity contribution in [2.45, 2.75) is 25.2 Å². The highest BCUT2D eigenvalue weighted by molar-refractivity contribution is 7.91. The summed E-state index contributed by atoms with van der Waals surface area (Å²) < 4.78 is 23.2.